The van der Waals surface area contributed by atoms with Crippen molar-refractivity contribution in [3.05, 3.63) is 59.7 Å². The zero-order chi connectivity index (χ0) is 13.0. The molecule has 3 heteroatoms. The molecule has 3 N–H and O–H groups in total. The van der Waals surface area contributed by atoms with Gasteiger partial charge in [-0.3, -0.25) is 0 Å². The van der Waals surface area contributed by atoms with Crippen LogP contribution in [0.25, 0.3) is 0 Å². The molecule has 0 fully saturated rings. The van der Waals surface area contributed by atoms with Crippen molar-refractivity contribution in [2.45, 2.75) is 13.0 Å². The van der Waals surface area contributed by atoms with Gasteiger partial charge in [0.2, 0.25) is 0 Å². The molecule has 0 radical (unpaired) electrons. The van der Waals surface area contributed by atoms with E-state index >= 15 is 0 Å². The van der Waals surface area contributed by atoms with E-state index in [4.69, 9.17) is 10.5 Å². The maximum Gasteiger partial charge on any atom is 0.119 e. The molecule has 2 aromatic rings. The fourth-order valence-corrected chi connectivity index (χ4v) is 1.69. The van der Waals surface area contributed by atoms with Gasteiger partial charge in [-0.25, -0.2) is 0 Å². The Labute approximate surface area is 107 Å². The fraction of sp³-hybridized carbons (Fsp3) is 0.200. The minimum absolute atomic E-state index is 0.230. The molecule has 0 saturated heterocycles. The van der Waals surface area contributed by atoms with Crippen molar-refractivity contribution >= 4 is 5.69 Å². The van der Waals surface area contributed by atoms with Gasteiger partial charge in [0.25, 0.3) is 0 Å². The highest BCUT2D eigenvalue weighted by Gasteiger charge is 2.08. The highest BCUT2D eigenvalue weighted by atomic mass is 16.5. The summed E-state index contributed by atoms with van der Waals surface area (Å²) in [5.74, 6) is 0.768. The maximum atomic E-state index is 9.98. The third-order valence-corrected chi connectivity index (χ3v) is 2.72. The van der Waals surface area contributed by atoms with Crippen LogP contribution in [0.4, 0.5) is 5.69 Å². The van der Waals surface area contributed by atoms with E-state index in [2.05, 4.69) is 0 Å². The van der Waals surface area contributed by atoms with Gasteiger partial charge in [0.1, 0.15) is 18.5 Å². The van der Waals surface area contributed by atoms with Crippen LogP contribution in [-0.2, 0) is 0 Å². The van der Waals surface area contributed by atoms with Gasteiger partial charge in [0.05, 0.1) is 0 Å². The van der Waals surface area contributed by atoms with Crippen molar-refractivity contribution in [2.75, 3.05) is 12.3 Å². The number of nitrogens with two attached hydrogens (primary N) is 1. The Morgan fingerprint density at radius 2 is 1.89 bits per heavy atom. The Kier molecular flexibility index (Phi) is 3.85. The molecule has 0 aliphatic heterocycles. The topological polar surface area (TPSA) is 55.5 Å². The van der Waals surface area contributed by atoms with Crippen LogP contribution in [0.15, 0.2) is 48.5 Å². The summed E-state index contributed by atoms with van der Waals surface area (Å²) in [7, 11) is 0. The summed E-state index contributed by atoms with van der Waals surface area (Å²) in [5, 5.41) is 9.98. The Bertz CT molecular complexity index is 508. The number of anilines is 1. The largest absolute Gasteiger partial charge is 0.491 e. The van der Waals surface area contributed by atoms with Crippen molar-refractivity contribution in [3.8, 4) is 5.75 Å². The van der Waals surface area contributed by atoms with Crippen LogP contribution in [0.2, 0.25) is 0 Å². The first-order valence-electron chi connectivity index (χ1n) is 5.88. The lowest BCUT2D eigenvalue weighted by molar-refractivity contribution is 0.108. The van der Waals surface area contributed by atoms with E-state index in [1.54, 1.807) is 24.3 Å². The summed E-state index contributed by atoms with van der Waals surface area (Å²) in [6, 6.07) is 14.9. The third-order valence-electron chi connectivity index (χ3n) is 2.72. The lowest BCUT2D eigenvalue weighted by Gasteiger charge is -2.13. The van der Waals surface area contributed by atoms with E-state index in [1.807, 2.05) is 31.2 Å². The van der Waals surface area contributed by atoms with Crippen LogP contribution in [0.1, 0.15) is 17.2 Å². The first-order valence-corrected chi connectivity index (χ1v) is 5.88. The smallest absolute Gasteiger partial charge is 0.119 e. The normalized spacial score (nSPS) is 12.1. The van der Waals surface area contributed by atoms with Crippen LogP contribution in [0.5, 0.6) is 5.75 Å². The number of ether oxygens (including phenoxy) is 1. The van der Waals surface area contributed by atoms with E-state index in [9.17, 15) is 5.11 Å². The summed E-state index contributed by atoms with van der Waals surface area (Å²) in [6.07, 6.45) is -0.647. The average Bonchev–Trinajstić information content (AvgIpc) is 2.37. The Balaban J connectivity index is 1.96. The molecule has 0 spiro atoms. The van der Waals surface area contributed by atoms with E-state index in [0.29, 0.717) is 5.69 Å². The van der Waals surface area contributed by atoms with Crippen LogP contribution in [-0.4, -0.2) is 11.7 Å². The zero-order valence-corrected chi connectivity index (χ0v) is 10.3. The lowest BCUT2D eigenvalue weighted by atomic mass is 10.1. The predicted octanol–water partition coefficient (Wildman–Crippen LogP) is 2.69. The molecule has 0 aliphatic rings. The molecule has 0 amide bonds. The second-order valence-corrected chi connectivity index (χ2v) is 4.31. The molecule has 3 nitrogen and oxygen atoms in total. The van der Waals surface area contributed by atoms with E-state index in [0.717, 1.165) is 16.9 Å². The number of nitrogen functional groups attached to an aromatic ring is 1. The molecule has 0 bridgehead atoms. The quantitative estimate of drug-likeness (QED) is 0.812. The SMILES string of the molecule is Cc1cccc(OCC(O)c2ccc(N)cc2)c1. The summed E-state index contributed by atoms with van der Waals surface area (Å²) in [4.78, 5) is 0. The van der Waals surface area contributed by atoms with Gasteiger partial charge in [-0.05, 0) is 42.3 Å². The molecule has 94 valence electrons. The minimum atomic E-state index is -0.647. The van der Waals surface area contributed by atoms with E-state index in [1.165, 1.54) is 0 Å². The monoisotopic (exact) mass is 243 g/mol. The highest BCUT2D eigenvalue weighted by molar-refractivity contribution is 5.39. The van der Waals surface area contributed by atoms with Gasteiger partial charge < -0.3 is 15.6 Å². The molecular formula is C15H17NO2. The van der Waals surface area contributed by atoms with E-state index in [-0.39, 0.29) is 6.61 Å². The summed E-state index contributed by atoms with van der Waals surface area (Å²) in [6.45, 7) is 2.23. The molecule has 2 aromatic carbocycles. The number of aryl methyl sites for hydroxylation is 1. The number of rotatable bonds is 4. The summed E-state index contributed by atoms with van der Waals surface area (Å²) < 4.78 is 5.55. The second-order valence-electron chi connectivity index (χ2n) is 4.31. The van der Waals surface area contributed by atoms with Crippen LogP contribution < -0.4 is 10.5 Å². The number of aliphatic hydroxyl groups excluding tert-OH is 1. The van der Waals surface area contributed by atoms with Gasteiger partial charge in [-0.2, -0.15) is 0 Å². The first-order chi connectivity index (χ1) is 8.65. The fourth-order valence-electron chi connectivity index (χ4n) is 1.69. The number of hydrogen-bond donors (Lipinski definition) is 2. The van der Waals surface area contributed by atoms with Crippen LogP contribution in [0, 0.1) is 6.92 Å². The van der Waals surface area contributed by atoms with Crippen LogP contribution >= 0.6 is 0 Å². The van der Waals surface area contributed by atoms with Crippen LogP contribution in [0.3, 0.4) is 0 Å². The third kappa shape index (κ3) is 3.25. The van der Waals surface area contributed by atoms with Crippen molar-refractivity contribution in [2.24, 2.45) is 0 Å². The molecule has 0 heterocycles. The lowest BCUT2D eigenvalue weighted by Crippen LogP contribution is -2.09. The molecule has 1 atom stereocenters. The zero-order valence-electron chi connectivity index (χ0n) is 10.3. The number of benzene rings is 2. The minimum Gasteiger partial charge on any atom is -0.491 e. The summed E-state index contributed by atoms with van der Waals surface area (Å²) in [5.41, 5.74) is 8.22. The Hall–Kier alpha value is -2.00. The molecular weight excluding hydrogens is 226 g/mol. The molecule has 2 rings (SSSR count). The maximum absolute atomic E-state index is 9.98. The van der Waals surface area contributed by atoms with Crippen molar-refractivity contribution in [1.29, 1.82) is 0 Å². The van der Waals surface area contributed by atoms with Crippen molar-refractivity contribution in [1.82, 2.24) is 0 Å². The molecule has 0 saturated carbocycles. The predicted molar refractivity (Wildman–Crippen MR) is 72.5 cm³/mol. The van der Waals surface area contributed by atoms with Gasteiger partial charge in [0.15, 0.2) is 0 Å². The highest BCUT2D eigenvalue weighted by Crippen LogP contribution is 2.18. The summed E-state index contributed by atoms with van der Waals surface area (Å²) >= 11 is 0. The molecule has 18 heavy (non-hydrogen) atoms. The van der Waals surface area contributed by atoms with Crippen molar-refractivity contribution < 1.29 is 9.84 Å². The Morgan fingerprint density at radius 1 is 1.17 bits per heavy atom. The standard InChI is InChI=1S/C15H17NO2/c1-11-3-2-4-14(9-11)18-10-15(17)12-5-7-13(16)8-6-12/h2-9,15,17H,10,16H2,1H3. The molecule has 1 unspecified atom stereocenters. The number of aliphatic hydroxyl groups is 1. The van der Waals surface area contributed by atoms with Gasteiger partial charge in [-0.15, -0.1) is 0 Å². The first kappa shape index (κ1) is 12.5. The number of hydrogen-bond acceptors (Lipinski definition) is 3. The second kappa shape index (κ2) is 5.56. The van der Waals surface area contributed by atoms with Crippen molar-refractivity contribution in [3.63, 3.8) is 0 Å². The van der Waals surface area contributed by atoms with E-state index < -0.39 is 6.10 Å². The van der Waals surface area contributed by atoms with Gasteiger partial charge in [0, 0.05) is 5.69 Å². The average molecular weight is 243 g/mol. The molecule has 0 aliphatic carbocycles. The molecule has 0 aromatic heterocycles. The Morgan fingerprint density at radius 3 is 2.56 bits per heavy atom. The van der Waals surface area contributed by atoms with Gasteiger partial charge >= 0.3 is 0 Å². The van der Waals surface area contributed by atoms with Gasteiger partial charge in [-0.1, -0.05) is 24.3 Å².